The van der Waals surface area contributed by atoms with E-state index < -0.39 is 5.97 Å². The van der Waals surface area contributed by atoms with Crippen LogP contribution in [0.25, 0.3) is 0 Å². The normalized spacial score (nSPS) is 10.1. The maximum absolute atomic E-state index is 11.5. The molecule has 0 aliphatic heterocycles. The summed E-state index contributed by atoms with van der Waals surface area (Å²) in [6, 6.07) is 7.36. The van der Waals surface area contributed by atoms with Gasteiger partial charge >= 0.3 is 5.97 Å². The van der Waals surface area contributed by atoms with Gasteiger partial charge < -0.3 is 14.2 Å². The van der Waals surface area contributed by atoms with Gasteiger partial charge in [-0.15, -0.1) is 0 Å². The lowest BCUT2D eigenvalue weighted by atomic mass is 10.2. The van der Waals surface area contributed by atoms with Gasteiger partial charge in [-0.05, 0) is 24.1 Å². The molecule has 0 fully saturated rings. The van der Waals surface area contributed by atoms with E-state index in [9.17, 15) is 9.59 Å². The Morgan fingerprint density at radius 2 is 1.85 bits per heavy atom. The van der Waals surface area contributed by atoms with Crippen LogP contribution in [0.15, 0.2) is 24.3 Å². The number of ketones is 1. The molecule has 0 N–H and O–H groups in total. The lowest BCUT2D eigenvalue weighted by Crippen LogP contribution is -2.16. The van der Waals surface area contributed by atoms with Gasteiger partial charge in [-0.1, -0.05) is 19.1 Å². The molecule has 0 spiro atoms. The van der Waals surface area contributed by atoms with Crippen molar-refractivity contribution in [1.82, 2.24) is 0 Å². The Morgan fingerprint density at radius 1 is 1.15 bits per heavy atom. The number of carbonyl (C=O) groups excluding carboxylic acids is 2. The summed E-state index contributed by atoms with van der Waals surface area (Å²) in [6.07, 6.45) is 0.510. The first-order valence-corrected chi connectivity index (χ1v) is 6.53. The molecule has 20 heavy (non-hydrogen) atoms. The molecule has 0 heterocycles. The van der Waals surface area contributed by atoms with E-state index in [2.05, 4.69) is 0 Å². The molecular formula is C15H20O5. The summed E-state index contributed by atoms with van der Waals surface area (Å²) in [4.78, 5) is 22.7. The number of ether oxygens (including phenoxy) is 3. The third-order valence-electron chi connectivity index (χ3n) is 2.50. The number of rotatable bonds is 9. The Morgan fingerprint density at radius 3 is 2.45 bits per heavy atom. The van der Waals surface area contributed by atoms with Crippen molar-refractivity contribution >= 4 is 11.8 Å². The average molecular weight is 280 g/mol. The zero-order chi connectivity index (χ0) is 14.8. The first-order valence-electron chi connectivity index (χ1n) is 6.53. The number of Topliss-reactive ketones (excluding diaryl/α,β-unsaturated/α-hetero) is 1. The van der Waals surface area contributed by atoms with Gasteiger partial charge in [0.15, 0.2) is 5.78 Å². The third-order valence-corrected chi connectivity index (χ3v) is 2.50. The van der Waals surface area contributed by atoms with E-state index in [-0.39, 0.29) is 18.8 Å². The number of methoxy groups -OCH3 is 1. The Bertz CT molecular complexity index is 424. The molecule has 110 valence electrons. The van der Waals surface area contributed by atoms with Crippen molar-refractivity contribution in [2.24, 2.45) is 0 Å². The van der Waals surface area contributed by atoms with E-state index in [1.165, 1.54) is 0 Å². The van der Waals surface area contributed by atoms with Crippen LogP contribution >= 0.6 is 0 Å². The molecule has 1 aromatic carbocycles. The average Bonchev–Trinajstić information content (AvgIpc) is 2.45. The Balaban J connectivity index is 2.22. The van der Waals surface area contributed by atoms with Gasteiger partial charge in [0.25, 0.3) is 0 Å². The van der Waals surface area contributed by atoms with Crippen LogP contribution in [-0.4, -0.2) is 32.1 Å². The largest absolute Gasteiger partial charge is 0.497 e. The van der Waals surface area contributed by atoms with Crippen LogP contribution in [0.1, 0.15) is 25.3 Å². The van der Waals surface area contributed by atoms with Gasteiger partial charge in [0.05, 0.1) is 20.3 Å². The van der Waals surface area contributed by atoms with E-state index in [1.54, 1.807) is 7.11 Å². The number of esters is 1. The van der Waals surface area contributed by atoms with Gasteiger partial charge in [0.1, 0.15) is 18.8 Å². The van der Waals surface area contributed by atoms with Gasteiger partial charge in [-0.2, -0.15) is 0 Å². The molecule has 0 bridgehead atoms. The molecule has 0 aliphatic rings. The Kier molecular flexibility index (Phi) is 7.35. The first-order chi connectivity index (χ1) is 9.65. The fraction of sp³-hybridized carbons (Fsp3) is 0.467. The topological polar surface area (TPSA) is 61.8 Å². The molecule has 5 heteroatoms. The van der Waals surface area contributed by atoms with Gasteiger partial charge in [-0.25, -0.2) is 0 Å². The molecule has 1 rings (SSSR count). The van der Waals surface area contributed by atoms with Crippen molar-refractivity contribution in [2.45, 2.75) is 26.4 Å². The van der Waals surface area contributed by atoms with E-state index >= 15 is 0 Å². The van der Waals surface area contributed by atoms with Crippen LogP contribution < -0.4 is 4.74 Å². The highest BCUT2D eigenvalue weighted by Gasteiger charge is 2.10. The maximum atomic E-state index is 11.5. The number of benzene rings is 1. The monoisotopic (exact) mass is 280 g/mol. The van der Waals surface area contributed by atoms with Crippen LogP contribution in [0, 0.1) is 0 Å². The second kappa shape index (κ2) is 9.09. The zero-order valence-electron chi connectivity index (χ0n) is 11.9. The highest BCUT2D eigenvalue weighted by molar-refractivity contribution is 5.96. The highest BCUT2D eigenvalue weighted by Crippen LogP contribution is 2.11. The lowest BCUT2D eigenvalue weighted by molar-refractivity contribution is -0.147. The van der Waals surface area contributed by atoms with Crippen LogP contribution in [-0.2, 0) is 25.7 Å². The number of carbonyl (C=O) groups is 2. The van der Waals surface area contributed by atoms with Crippen molar-refractivity contribution in [3.8, 4) is 5.75 Å². The van der Waals surface area contributed by atoms with Crippen molar-refractivity contribution in [3.05, 3.63) is 29.8 Å². The van der Waals surface area contributed by atoms with Crippen LogP contribution in [0.5, 0.6) is 5.75 Å². The van der Waals surface area contributed by atoms with Gasteiger partial charge in [0.2, 0.25) is 0 Å². The van der Waals surface area contributed by atoms with Crippen molar-refractivity contribution in [2.75, 3.05) is 20.3 Å². The molecular weight excluding hydrogens is 260 g/mol. The van der Waals surface area contributed by atoms with E-state index in [1.807, 2.05) is 31.2 Å². The molecule has 0 radical (unpaired) electrons. The first kappa shape index (κ1) is 16.2. The summed E-state index contributed by atoms with van der Waals surface area (Å²) >= 11 is 0. The number of hydrogen-bond acceptors (Lipinski definition) is 5. The summed E-state index contributed by atoms with van der Waals surface area (Å²) in [5, 5.41) is 0. The van der Waals surface area contributed by atoms with Crippen molar-refractivity contribution < 1.29 is 23.8 Å². The predicted molar refractivity (Wildman–Crippen MR) is 73.5 cm³/mol. The lowest BCUT2D eigenvalue weighted by Gasteiger charge is -2.05. The van der Waals surface area contributed by atoms with Gasteiger partial charge in [0, 0.05) is 0 Å². The van der Waals surface area contributed by atoms with Crippen LogP contribution in [0.2, 0.25) is 0 Å². The Hall–Kier alpha value is -1.88. The van der Waals surface area contributed by atoms with Crippen LogP contribution in [0.4, 0.5) is 0 Å². The summed E-state index contributed by atoms with van der Waals surface area (Å²) in [5.74, 6) is -0.00647. The van der Waals surface area contributed by atoms with E-state index in [0.717, 1.165) is 17.7 Å². The quantitative estimate of drug-likeness (QED) is 0.512. The van der Waals surface area contributed by atoms with E-state index in [0.29, 0.717) is 13.2 Å². The smallest absolute Gasteiger partial charge is 0.313 e. The highest BCUT2D eigenvalue weighted by atomic mass is 16.5. The Labute approximate surface area is 118 Å². The standard InChI is InChI=1S/C15H20O5/c1-3-8-20-15(17)9-13(16)11-19-10-12-4-6-14(18-2)7-5-12/h4-7H,3,8-11H2,1-2H3. The van der Waals surface area contributed by atoms with E-state index in [4.69, 9.17) is 14.2 Å². The summed E-state index contributed by atoms with van der Waals surface area (Å²) < 4.78 is 15.1. The van der Waals surface area contributed by atoms with Crippen LogP contribution in [0.3, 0.4) is 0 Å². The fourth-order valence-corrected chi connectivity index (χ4v) is 1.48. The molecule has 0 aliphatic carbocycles. The fourth-order valence-electron chi connectivity index (χ4n) is 1.48. The molecule has 0 aromatic heterocycles. The number of hydrogen-bond donors (Lipinski definition) is 0. The van der Waals surface area contributed by atoms with Crippen molar-refractivity contribution in [1.29, 1.82) is 0 Å². The minimum atomic E-state index is -0.495. The second-order valence-electron chi connectivity index (χ2n) is 4.28. The maximum Gasteiger partial charge on any atom is 0.313 e. The summed E-state index contributed by atoms with van der Waals surface area (Å²) in [7, 11) is 1.60. The molecule has 0 amide bonds. The molecule has 0 saturated heterocycles. The zero-order valence-corrected chi connectivity index (χ0v) is 11.9. The molecule has 0 saturated carbocycles. The molecule has 0 unspecified atom stereocenters. The molecule has 0 atom stereocenters. The van der Waals surface area contributed by atoms with Gasteiger partial charge in [-0.3, -0.25) is 9.59 Å². The SMILES string of the molecule is CCCOC(=O)CC(=O)COCc1ccc(OC)cc1. The summed E-state index contributed by atoms with van der Waals surface area (Å²) in [6.45, 7) is 2.47. The minimum absolute atomic E-state index is 0.0900. The summed E-state index contributed by atoms with van der Waals surface area (Å²) in [5.41, 5.74) is 0.937. The predicted octanol–water partition coefficient (Wildman–Crippen LogP) is 2.12. The molecule has 5 nitrogen and oxygen atoms in total. The third kappa shape index (κ3) is 6.33. The molecule has 1 aromatic rings. The minimum Gasteiger partial charge on any atom is -0.497 e. The second-order valence-corrected chi connectivity index (χ2v) is 4.28. The van der Waals surface area contributed by atoms with Crippen molar-refractivity contribution in [3.63, 3.8) is 0 Å².